The highest BCUT2D eigenvalue weighted by Crippen LogP contribution is 2.21. The lowest BCUT2D eigenvalue weighted by molar-refractivity contribution is 0.0985. The normalized spacial score (nSPS) is 10.1. The van der Waals surface area contributed by atoms with Crippen molar-refractivity contribution in [3.8, 4) is 6.07 Å². The highest BCUT2D eigenvalue weighted by Gasteiger charge is 2.18. The van der Waals surface area contributed by atoms with Crippen molar-refractivity contribution in [3.63, 3.8) is 0 Å². The molecule has 0 bridgehead atoms. The quantitative estimate of drug-likeness (QED) is 0.696. The Morgan fingerprint density at radius 3 is 2.36 bits per heavy atom. The summed E-state index contributed by atoms with van der Waals surface area (Å²) in [5, 5.41) is 9.09. The number of amides is 1. The number of aryl methyl sites for hydroxylation is 1. The molecule has 0 saturated heterocycles. The first kappa shape index (κ1) is 16.5. The van der Waals surface area contributed by atoms with E-state index in [9.17, 15) is 4.79 Å². The predicted octanol–water partition coefficient (Wildman–Crippen LogP) is 4.71. The maximum atomic E-state index is 13.1. The van der Waals surface area contributed by atoms with Gasteiger partial charge in [0.05, 0.1) is 18.2 Å². The van der Waals surface area contributed by atoms with Gasteiger partial charge in [0, 0.05) is 11.3 Å². The zero-order valence-corrected chi connectivity index (χ0v) is 14.0. The van der Waals surface area contributed by atoms with Crippen molar-refractivity contribution in [2.24, 2.45) is 0 Å². The summed E-state index contributed by atoms with van der Waals surface area (Å²) in [5.41, 5.74) is 4.02. The molecule has 25 heavy (non-hydrogen) atoms. The van der Waals surface area contributed by atoms with E-state index in [0.717, 1.165) is 16.8 Å². The molecule has 0 aliphatic heterocycles. The van der Waals surface area contributed by atoms with Crippen molar-refractivity contribution in [2.45, 2.75) is 13.5 Å². The molecule has 122 valence electrons. The minimum absolute atomic E-state index is 0.121. The summed E-state index contributed by atoms with van der Waals surface area (Å²) in [5.74, 6) is -0.121. The number of anilines is 1. The summed E-state index contributed by atoms with van der Waals surface area (Å²) >= 11 is 0. The lowest BCUT2D eigenvalue weighted by Gasteiger charge is -2.23. The number of hydrogen-bond acceptors (Lipinski definition) is 2. The molecule has 0 heterocycles. The van der Waals surface area contributed by atoms with Crippen LogP contribution in [0.25, 0.3) is 0 Å². The SMILES string of the molecule is Cc1ccc(N(Cc2ccccc2)C(=O)c2cccc(C#N)c2)cc1. The number of carbonyl (C=O) groups excluding carboxylic acids is 1. The second kappa shape index (κ2) is 7.46. The predicted molar refractivity (Wildman–Crippen MR) is 99.3 cm³/mol. The lowest BCUT2D eigenvalue weighted by Crippen LogP contribution is -2.30. The summed E-state index contributed by atoms with van der Waals surface area (Å²) in [7, 11) is 0. The molecule has 3 heteroatoms. The number of hydrogen-bond donors (Lipinski definition) is 0. The van der Waals surface area contributed by atoms with Gasteiger partial charge in [-0.15, -0.1) is 0 Å². The first-order chi connectivity index (χ1) is 12.2. The first-order valence-electron chi connectivity index (χ1n) is 8.10. The van der Waals surface area contributed by atoms with Crippen molar-refractivity contribution in [3.05, 3.63) is 101 Å². The molecule has 0 spiro atoms. The van der Waals surface area contributed by atoms with Gasteiger partial charge < -0.3 is 4.90 Å². The Bertz CT molecular complexity index is 909. The average Bonchev–Trinajstić information content (AvgIpc) is 2.67. The minimum Gasteiger partial charge on any atom is -0.304 e. The number of nitriles is 1. The fraction of sp³-hybridized carbons (Fsp3) is 0.0909. The average molecular weight is 326 g/mol. The Morgan fingerprint density at radius 1 is 0.960 bits per heavy atom. The Morgan fingerprint density at radius 2 is 1.68 bits per heavy atom. The van der Waals surface area contributed by atoms with Crippen molar-refractivity contribution in [1.29, 1.82) is 5.26 Å². The fourth-order valence-electron chi connectivity index (χ4n) is 2.65. The highest BCUT2D eigenvalue weighted by atomic mass is 16.2. The Kier molecular flexibility index (Phi) is 4.92. The van der Waals surface area contributed by atoms with Crippen molar-refractivity contribution >= 4 is 11.6 Å². The van der Waals surface area contributed by atoms with Crippen molar-refractivity contribution in [2.75, 3.05) is 4.90 Å². The minimum atomic E-state index is -0.121. The third-order valence-corrected chi connectivity index (χ3v) is 4.01. The van der Waals surface area contributed by atoms with Gasteiger partial charge in [-0.2, -0.15) is 5.26 Å². The molecule has 0 aliphatic rings. The molecule has 0 atom stereocenters. The number of benzene rings is 3. The zero-order valence-electron chi connectivity index (χ0n) is 14.0. The maximum Gasteiger partial charge on any atom is 0.258 e. The van der Waals surface area contributed by atoms with Crippen LogP contribution in [0, 0.1) is 18.3 Å². The molecule has 1 amide bonds. The van der Waals surface area contributed by atoms with Crippen LogP contribution in [-0.4, -0.2) is 5.91 Å². The van der Waals surface area contributed by atoms with Gasteiger partial charge in [0.25, 0.3) is 5.91 Å². The molecule has 0 aliphatic carbocycles. The Labute approximate surface area is 147 Å². The molecule has 3 rings (SSSR count). The van der Waals surface area contributed by atoms with Crippen LogP contribution in [0.2, 0.25) is 0 Å². The van der Waals surface area contributed by atoms with E-state index < -0.39 is 0 Å². The molecular weight excluding hydrogens is 308 g/mol. The van der Waals surface area contributed by atoms with Gasteiger partial charge in [-0.1, -0.05) is 54.1 Å². The Hall–Kier alpha value is -3.38. The molecule has 3 nitrogen and oxygen atoms in total. The number of nitrogens with zero attached hydrogens (tertiary/aromatic N) is 2. The second-order valence-corrected chi connectivity index (χ2v) is 5.91. The van der Waals surface area contributed by atoms with Crippen molar-refractivity contribution in [1.82, 2.24) is 0 Å². The van der Waals surface area contributed by atoms with E-state index in [0.29, 0.717) is 17.7 Å². The molecule has 0 aromatic heterocycles. The molecule has 3 aromatic rings. The van der Waals surface area contributed by atoms with Crippen LogP contribution in [0.15, 0.2) is 78.9 Å². The summed E-state index contributed by atoms with van der Waals surface area (Å²) in [6.07, 6.45) is 0. The molecule has 3 aromatic carbocycles. The molecule has 0 saturated carbocycles. The van der Waals surface area contributed by atoms with E-state index in [1.54, 1.807) is 29.2 Å². The van der Waals surface area contributed by atoms with E-state index in [1.165, 1.54) is 0 Å². The van der Waals surface area contributed by atoms with Crippen LogP contribution in [0.5, 0.6) is 0 Å². The van der Waals surface area contributed by atoms with Crippen LogP contribution < -0.4 is 4.90 Å². The second-order valence-electron chi connectivity index (χ2n) is 5.91. The van der Waals surface area contributed by atoms with Gasteiger partial charge >= 0.3 is 0 Å². The summed E-state index contributed by atoms with van der Waals surface area (Å²) in [6, 6.07) is 26.7. The maximum absolute atomic E-state index is 13.1. The highest BCUT2D eigenvalue weighted by molar-refractivity contribution is 6.06. The van der Waals surface area contributed by atoms with E-state index >= 15 is 0 Å². The lowest BCUT2D eigenvalue weighted by atomic mass is 10.1. The van der Waals surface area contributed by atoms with Gasteiger partial charge in [-0.05, 0) is 42.8 Å². The summed E-state index contributed by atoms with van der Waals surface area (Å²) in [6.45, 7) is 2.49. The molecular formula is C22H18N2O. The first-order valence-corrected chi connectivity index (χ1v) is 8.10. The molecule has 0 radical (unpaired) electrons. The summed E-state index contributed by atoms with van der Waals surface area (Å²) in [4.78, 5) is 14.9. The van der Waals surface area contributed by atoms with Gasteiger partial charge in [0.1, 0.15) is 0 Å². The third-order valence-electron chi connectivity index (χ3n) is 4.01. The monoisotopic (exact) mass is 326 g/mol. The molecule has 0 unspecified atom stereocenters. The largest absolute Gasteiger partial charge is 0.304 e. The van der Waals surface area contributed by atoms with Crippen molar-refractivity contribution < 1.29 is 4.79 Å². The molecule has 0 fully saturated rings. The fourth-order valence-corrected chi connectivity index (χ4v) is 2.65. The number of rotatable bonds is 4. The van der Waals surface area contributed by atoms with E-state index in [-0.39, 0.29) is 5.91 Å². The molecule has 0 N–H and O–H groups in total. The smallest absolute Gasteiger partial charge is 0.258 e. The number of carbonyl (C=O) groups is 1. The van der Waals surface area contributed by atoms with Gasteiger partial charge in [0.2, 0.25) is 0 Å². The Balaban J connectivity index is 1.99. The van der Waals surface area contributed by atoms with E-state index in [2.05, 4.69) is 6.07 Å². The summed E-state index contributed by atoms with van der Waals surface area (Å²) < 4.78 is 0. The van der Waals surface area contributed by atoms with Crippen LogP contribution in [0.3, 0.4) is 0 Å². The van der Waals surface area contributed by atoms with Crippen LogP contribution >= 0.6 is 0 Å². The third kappa shape index (κ3) is 3.94. The van der Waals surface area contributed by atoms with Crippen LogP contribution in [0.1, 0.15) is 27.0 Å². The van der Waals surface area contributed by atoms with Gasteiger partial charge in [-0.25, -0.2) is 0 Å². The van der Waals surface area contributed by atoms with E-state index in [1.807, 2.05) is 61.5 Å². The topological polar surface area (TPSA) is 44.1 Å². The van der Waals surface area contributed by atoms with Gasteiger partial charge in [0.15, 0.2) is 0 Å². The zero-order chi connectivity index (χ0) is 17.6. The van der Waals surface area contributed by atoms with Gasteiger partial charge in [-0.3, -0.25) is 4.79 Å². The standard InChI is InChI=1S/C22H18N2O/c1-17-10-12-21(13-11-17)24(16-18-6-3-2-4-7-18)22(25)20-9-5-8-19(14-20)15-23/h2-14H,16H2,1H3. The van der Waals surface area contributed by atoms with E-state index in [4.69, 9.17) is 5.26 Å². The van der Waals surface area contributed by atoms with Crippen LogP contribution in [0.4, 0.5) is 5.69 Å². The van der Waals surface area contributed by atoms with Crippen LogP contribution in [-0.2, 0) is 6.54 Å².